The SMILES string of the molecule is Cc1ccc(NC(=O)CCC(C)CN)cc1S(N)(=O)=O. The molecule has 0 spiro atoms. The number of sulfonamides is 1. The Bertz CT molecular complexity index is 585. The van der Waals surface area contributed by atoms with E-state index in [0.717, 1.165) is 0 Å². The first-order valence-corrected chi connectivity index (χ1v) is 7.92. The highest BCUT2D eigenvalue weighted by Crippen LogP contribution is 2.19. The molecule has 0 radical (unpaired) electrons. The molecule has 0 bridgehead atoms. The van der Waals surface area contributed by atoms with Gasteiger partial charge in [-0.2, -0.15) is 0 Å². The summed E-state index contributed by atoms with van der Waals surface area (Å²) < 4.78 is 22.8. The second-order valence-corrected chi connectivity index (χ2v) is 6.48. The largest absolute Gasteiger partial charge is 0.330 e. The Kier molecular flexibility index (Phi) is 5.67. The van der Waals surface area contributed by atoms with Crippen LogP contribution in [0.15, 0.2) is 23.1 Å². The summed E-state index contributed by atoms with van der Waals surface area (Å²) in [5, 5.41) is 7.78. The molecule has 7 heteroatoms. The minimum absolute atomic E-state index is 0.0191. The zero-order valence-electron chi connectivity index (χ0n) is 11.7. The Morgan fingerprint density at radius 1 is 1.40 bits per heavy atom. The number of anilines is 1. The van der Waals surface area contributed by atoms with Crippen molar-refractivity contribution in [3.05, 3.63) is 23.8 Å². The number of amides is 1. The molecule has 1 aromatic carbocycles. The maximum Gasteiger partial charge on any atom is 0.238 e. The molecule has 1 atom stereocenters. The van der Waals surface area contributed by atoms with Crippen LogP contribution >= 0.6 is 0 Å². The lowest BCUT2D eigenvalue weighted by atomic mass is 10.1. The first kappa shape index (κ1) is 16.6. The number of hydrogen-bond acceptors (Lipinski definition) is 4. The van der Waals surface area contributed by atoms with Crippen molar-refractivity contribution in [3.8, 4) is 0 Å². The molecule has 20 heavy (non-hydrogen) atoms. The van der Waals surface area contributed by atoms with Gasteiger partial charge in [0.1, 0.15) is 0 Å². The average molecular weight is 299 g/mol. The Morgan fingerprint density at radius 3 is 2.60 bits per heavy atom. The van der Waals surface area contributed by atoms with Gasteiger partial charge in [0.05, 0.1) is 4.90 Å². The van der Waals surface area contributed by atoms with Crippen LogP contribution in [0.4, 0.5) is 5.69 Å². The maximum atomic E-state index is 11.7. The molecule has 0 aliphatic rings. The summed E-state index contributed by atoms with van der Waals surface area (Å²) in [6.07, 6.45) is 1.03. The van der Waals surface area contributed by atoms with Gasteiger partial charge in [-0.3, -0.25) is 4.79 Å². The number of rotatable bonds is 6. The number of nitrogens with one attached hydrogen (secondary N) is 1. The minimum Gasteiger partial charge on any atom is -0.330 e. The molecule has 0 saturated heterocycles. The predicted molar refractivity (Wildman–Crippen MR) is 78.6 cm³/mol. The summed E-state index contributed by atoms with van der Waals surface area (Å²) in [6.45, 7) is 4.15. The van der Waals surface area contributed by atoms with Crippen molar-refractivity contribution in [1.82, 2.24) is 0 Å². The maximum absolute atomic E-state index is 11.7. The van der Waals surface area contributed by atoms with E-state index in [1.807, 2.05) is 6.92 Å². The third-order valence-corrected chi connectivity index (χ3v) is 4.10. The Hall–Kier alpha value is -1.44. The molecular weight excluding hydrogens is 278 g/mol. The highest BCUT2D eigenvalue weighted by molar-refractivity contribution is 7.89. The topological polar surface area (TPSA) is 115 Å². The van der Waals surface area contributed by atoms with Crippen LogP contribution in [0, 0.1) is 12.8 Å². The standard InChI is InChI=1S/C13H21N3O3S/c1-9(8-14)3-6-13(17)16-11-5-4-10(2)12(7-11)20(15,18)19/h4-5,7,9H,3,6,8,14H2,1-2H3,(H,16,17)(H2,15,18,19). The van der Waals surface area contributed by atoms with E-state index < -0.39 is 10.0 Å². The number of aryl methyl sites for hydroxylation is 1. The van der Waals surface area contributed by atoms with Crippen LogP contribution in [-0.4, -0.2) is 20.9 Å². The van der Waals surface area contributed by atoms with E-state index in [4.69, 9.17) is 10.9 Å². The normalized spacial score (nSPS) is 13.0. The molecule has 0 aliphatic carbocycles. The first-order valence-electron chi connectivity index (χ1n) is 6.37. The van der Waals surface area contributed by atoms with E-state index in [0.29, 0.717) is 30.6 Å². The smallest absolute Gasteiger partial charge is 0.238 e. The quantitative estimate of drug-likeness (QED) is 0.725. The first-order chi connectivity index (χ1) is 9.24. The molecule has 1 unspecified atom stereocenters. The summed E-state index contributed by atoms with van der Waals surface area (Å²) >= 11 is 0. The third-order valence-electron chi connectivity index (χ3n) is 3.04. The van der Waals surface area contributed by atoms with Crippen molar-refractivity contribution in [3.63, 3.8) is 0 Å². The van der Waals surface area contributed by atoms with E-state index >= 15 is 0 Å². The van der Waals surface area contributed by atoms with Gasteiger partial charge in [-0.25, -0.2) is 13.6 Å². The molecule has 6 nitrogen and oxygen atoms in total. The monoisotopic (exact) mass is 299 g/mol. The molecule has 0 aliphatic heterocycles. The van der Waals surface area contributed by atoms with Crippen molar-refractivity contribution in [2.75, 3.05) is 11.9 Å². The van der Waals surface area contributed by atoms with Crippen molar-refractivity contribution in [2.45, 2.75) is 31.6 Å². The number of carbonyl (C=O) groups excluding carboxylic acids is 1. The Labute approximate surface area is 119 Å². The molecule has 0 aromatic heterocycles. The Morgan fingerprint density at radius 2 is 2.05 bits per heavy atom. The van der Waals surface area contributed by atoms with Gasteiger partial charge in [-0.1, -0.05) is 13.0 Å². The number of primary sulfonamides is 1. The van der Waals surface area contributed by atoms with E-state index in [2.05, 4.69) is 5.32 Å². The summed E-state index contributed by atoms with van der Waals surface area (Å²) in [5.74, 6) is 0.105. The molecule has 1 rings (SSSR count). The fraction of sp³-hybridized carbons (Fsp3) is 0.462. The number of benzene rings is 1. The molecule has 0 heterocycles. The van der Waals surface area contributed by atoms with Gasteiger partial charge >= 0.3 is 0 Å². The van der Waals surface area contributed by atoms with Gasteiger partial charge < -0.3 is 11.1 Å². The van der Waals surface area contributed by atoms with Gasteiger partial charge in [-0.05, 0) is 43.5 Å². The molecular formula is C13H21N3O3S. The number of carbonyl (C=O) groups is 1. The van der Waals surface area contributed by atoms with E-state index in [1.54, 1.807) is 19.1 Å². The second kappa shape index (κ2) is 6.83. The van der Waals surface area contributed by atoms with Crippen molar-refractivity contribution >= 4 is 21.6 Å². The summed E-state index contributed by atoms with van der Waals surface area (Å²) in [7, 11) is -3.79. The molecule has 0 saturated carbocycles. The number of hydrogen-bond donors (Lipinski definition) is 3. The average Bonchev–Trinajstić information content (AvgIpc) is 2.37. The molecule has 0 fully saturated rings. The lowest BCUT2D eigenvalue weighted by Crippen LogP contribution is -2.17. The van der Waals surface area contributed by atoms with Crippen LogP contribution in [0.5, 0.6) is 0 Å². The van der Waals surface area contributed by atoms with E-state index in [1.165, 1.54) is 6.07 Å². The zero-order valence-corrected chi connectivity index (χ0v) is 12.5. The highest BCUT2D eigenvalue weighted by Gasteiger charge is 2.13. The van der Waals surface area contributed by atoms with Gasteiger partial charge in [0.2, 0.25) is 15.9 Å². The van der Waals surface area contributed by atoms with Gasteiger partial charge in [0.15, 0.2) is 0 Å². The number of nitrogens with two attached hydrogens (primary N) is 2. The summed E-state index contributed by atoms with van der Waals surface area (Å²) in [6, 6.07) is 4.63. The molecule has 112 valence electrons. The molecule has 1 amide bonds. The van der Waals surface area contributed by atoms with Crippen molar-refractivity contribution < 1.29 is 13.2 Å². The van der Waals surface area contributed by atoms with Gasteiger partial charge in [0, 0.05) is 12.1 Å². The lowest BCUT2D eigenvalue weighted by molar-refractivity contribution is -0.116. The molecule has 1 aromatic rings. The highest BCUT2D eigenvalue weighted by atomic mass is 32.2. The second-order valence-electron chi connectivity index (χ2n) is 4.95. The van der Waals surface area contributed by atoms with Gasteiger partial charge in [-0.15, -0.1) is 0 Å². The van der Waals surface area contributed by atoms with Crippen molar-refractivity contribution in [1.29, 1.82) is 0 Å². The fourth-order valence-corrected chi connectivity index (χ4v) is 2.51. The molecule has 5 N–H and O–H groups in total. The summed E-state index contributed by atoms with van der Waals surface area (Å²) in [5.41, 5.74) is 6.45. The van der Waals surface area contributed by atoms with Crippen LogP contribution in [0.1, 0.15) is 25.3 Å². The lowest BCUT2D eigenvalue weighted by Gasteiger charge is -2.10. The van der Waals surface area contributed by atoms with Crippen LogP contribution in [0.25, 0.3) is 0 Å². The van der Waals surface area contributed by atoms with Crippen LogP contribution in [0.2, 0.25) is 0 Å². The third kappa shape index (κ3) is 4.92. The Balaban J connectivity index is 2.77. The zero-order chi connectivity index (χ0) is 15.3. The minimum atomic E-state index is -3.79. The summed E-state index contributed by atoms with van der Waals surface area (Å²) in [4.78, 5) is 11.8. The van der Waals surface area contributed by atoms with Crippen LogP contribution in [-0.2, 0) is 14.8 Å². The fourth-order valence-electron chi connectivity index (χ4n) is 1.70. The van der Waals surface area contributed by atoms with E-state index in [-0.39, 0.29) is 16.7 Å². The van der Waals surface area contributed by atoms with Crippen LogP contribution < -0.4 is 16.2 Å². The van der Waals surface area contributed by atoms with Crippen molar-refractivity contribution in [2.24, 2.45) is 16.8 Å². The predicted octanol–water partition coefficient (Wildman–Crippen LogP) is 0.956. The van der Waals surface area contributed by atoms with E-state index in [9.17, 15) is 13.2 Å². The van der Waals surface area contributed by atoms with Crippen LogP contribution in [0.3, 0.4) is 0 Å². The van der Waals surface area contributed by atoms with Gasteiger partial charge in [0.25, 0.3) is 0 Å².